The minimum Gasteiger partial charge on any atom is -0.236 e. The number of benzene rings is 2. The number of aromatic nitrogens is 3. The summed E-state index contributed by atoms with van der Waals surface area (Å²) in [4.78, 5) is 4.75. The van der Waals surface area contributed by atoms with Gasteiger partial charge in [-0.15, -0.1) is 0 Å². The summed E-state index contributed by atoms with van der Waals surface area (Å²) >= 11 is 0. The van der Waals surface area contributed by atoms with Crippen molar-refractivity contribution in [2.45, 2.75) is 19.3 Å². The molecule has 2 aromatic heterocycles. The summed E-state index contributed by atoms with van der Waals surface area (Å²) < 4.78 is 2.03. The molecule has 3 nitrogen and oxygen atoms in total. The Bertz CT molecular complexity index is 1030. The van der Waals surface area contributed by atoms with E-state index in [-0.39, 0.29) is 0 Å². The van der Waals surface area contributed by atoms with Crippen LogP contribution in [0.3, 0.4) is 0 Å². The zero-order chi connectivity index (χ0) is 15.9. The number of hydrogen-bond donors (Lipinski definition) is 0. The van der Waals surface area contributed by atoms with Crippen LogP contribution in [0.5, 0.6) is 0 Å². The number of nitrogens with zero attached hydrogens (tertiary/aromatic N) is 3. The Hall–Kier alpha value is -2.94. The van der Waals surface area contributed by atoms with Crippen LogP contribution in [-0.2, 0) is 12.8 Å². The third-order valence-electron chi connectivity index (χ3n) is 4.85. The van der Waals surface area contributed by atoms with Gasteiger partial charge in [0.2, 0.25) is 0 Å². The lowest BCUT2D eigenvalue weighted by Crippen LogP contribution is -2.01. The summed E-state index contributed by atoms with van der Waals surface area (Å²) in [5, 5.41) is 4.70. The first-order valence-electron chi connectivity index (χ1n) is 8.41. The normalized spacial score (nSPS) is 13.3. The van der Waals surface area contributed by atoms with E-state index in [0.717, 1.165) is 36.0 Å². The first-order valence-corrected chi connectivity index (χ1v) is 8.41. The summed E-state index contributed by atoms with van der Waals surface area (Å²) in [7, 11) is 0. The maximum Gasteiger partial charge on any atom is 0.163 e. The maximum absolute atomic E-state index is 4.75. The lowest BCUT2D eigenvalue weighted by molar-refractivity contribution is 0.824. The molecule has 0 amide bonds. The maximum atomic E-state index is 4.75. The highest BCUT2D eigenvalue weighted by atomic mass is 15.3. The molecule has 5 rings (SSSR count). The van der Waals surface area contributed by atoms with Crippen molar-refractivity contribution >= 4 is 5.65 Å². The number of aryl methyl sites for hydroxylation is 2. The van der Waals surface area contributed by atoms with Crippen LogP contribution >= 0.6 is 0 Å². The van der Waals surface area contributed by atoms with Crippen LogP contribution in [0.1, 0.15) is 17.5 Å². The smallest absolute Gasteiger partial charge is 0.163 e. The lowest BCUT2D eigenvalue weighted by Gasteiger charge is -2.11. The fourth-order valence-electron chi connectivity index (χ4n) is 3.70. The first-order chi connectivity index (χ1) is 11.9. The van der Waals surface area contributed by atoms with Crippen LogP contribution in [0.2, 0.25) is 0 Å². The van der Waals surface area contributed by atoms with E-state index >= 15 is 0 Å². The summed E-state index contributed by atoms with van der Waals surface area (Å²) in [5.74, 6) is 0. The van der Waals surface area contributed by atoms with Crippen LogP contribution in [-0.4, -0.2) is 14.6 Å². The molecule has 0 aliphatic heterocycles. The van der Waals surface area contributed by atoms with Crippen LogP contribution in [0.25, 0.3) is 28.0 Å². The first kappa shape index (κ1) is 13.5. The van der Waals surface area contributed by atoms with Gasteiger partial charge in [0.15, 0.2) is 5.65 Å². The SMILES string of the molecule is c1ccc(-c2cnn3c4c(cnc23)CCCc2ccccc2-4)cc1. The lowest BCUT2D eigenvalue weighted by atomic mass is 10.0. The minimum atomic E-state index is 0.927. The summed E-state index contributed by atoms with van der Waals surface area (Å²) in [5.41, 5.74) is 8.35. The zero-order valence-electron chi connectivity index (χ0n) is 13.3. The molecule has 116 valence electrons. The van der Waals surface area contributed by atoms with Crippen molar-refractivity contribution in [1.29, 1.82) is 0 Å². The Morgan fingerprint density at radius 1 is 0.750 bits per heavy atom. The predicted molar refractivity (Wildman–Crippen MR) is 95.9 cm³/mol. The van der Waals surface area contributed by atoms with Crippen LogP contribution in [0, 0.1) is 0 Å². The van der Waals surface area contributed by atoms with Gasteiger partial charge in [0.25, 0.3) is 0 Å². The second kappa shape index (κ2) is 5.31. The molecule has 2 aromatic carbocycles. The van der Waals surface area contributed by atoms with Crippen molar-refractivity contribution in [2.24, 2.45) is 0 Å². The van der Waals surface area contributed by atoms with Gasteiger partial charge < -0.3 is 0 Å². The molecule has 0 saturated carbocycles. The molecular formula is C21H17N3. The molecule has 0 atom stereocenters. The van der Waals surface area contributed by atoms with E-state index in [2.05, 4.69) is 48.5 Å². The fraction of sp³-hybridized carbons (Fsp3) is 0.143. The molecule has 0 N–H and O–H groups in total. The van der Waals surface area contributed by atoms with Crippen molar-refractivity contribution in [3.05, 3.63) is 78.1 Å². The molecule has 0 radical (unpaired) electrons. The molecule has 4 aromatic rings. The monoisotopic (exact) mass is 311 g/mol. The Morgan fingerprint density at radius 3 is 2.46 bits per heavy atom. The molecule has 1 aliphatic rings. The number of hydrogen-bond acceptors (Lipinski definition) is 2. The highest BCUT2D eigenvalue weighted by Gasteiger charge is 2.20. The molecule has 0 spiro atoms. The quantitative estimate of drug-likeness (QED) is 0.516. The standard InChI is InChI=1S/C21H17N3/c1-2-7-16(8-3-1)19-14-23-24-20-17(13-22-21(19)24)11-6-10-15-9-4-5-12-18(15)20/h1-5,7-9,12-14H,6,10-11H2. The Labute approximate surface area is 140 Å². The molecule has 0 saturated heterocycles. The van der Waals surface area contributed by atoms with E-state index < -0.39 is 0 Å². The number of rotatable bonds is 1. The average molecular weight is 311 g/mol. The minimum absolute atomic E-state index is 0.927. The van der Waals surface area contributed by atoms with E-state index in [1.54, 1.807) is 0 Å². The van der Waals surface area contributed by atoms with Gasteiger partial charge in [0.1, 0.15) is 0 Å². The highest BCUT2D eigenvalue weighted by Crippen LogP contribution is 2.34. The van der Waals surface area contributed by atoms with Gasteiger partial charge in [-0.1, -0.05) is 54.6 Å². The molecular weight excluding hydrogens is 294 g/mol. The van der Waals surface area contributed by atoms with E-state index in [1.807, 2.05) is 23.0 Å². The molecule has 2 heterocycles. The Balaban J connectivity index is 1.82. The third-order valence-corrected chi connectivity index (χ3v) is 4.85. The van der Waals surface area contributed by atoms with Crippen LogP contribution in [0.4, 0.5) is 0 Å². The van der Waals surface area contributed by atoms with Crippen molar-refractivity contribution < 1.29 is 0 Å². The summed E-state index contributed by atoms with van der Waals surface area (Å²) in [6, 6.07) is 19.0. The molecule has 0 fully saturated rings. The summed E-state index contributed by atoms with van der Waals surface area (Å²) in [6.45, 7) is 0. The van der Waals surface area contributed by atoms with Gasteiger partial charge in [-0.25, -0.2) is 9.50 Å². The average Bonchev–Trinajstić information content (AvgIpc) is 2.97. The molecule has 24 heavy (non-hydrogen) atoms. The van der Waals surface area contributed by atoms with Crippen molar-refractivity contribution in [3.8, 4) is 22.4 Å². The second-order valence-electron chi connectivity index (χ2n) is 6.30. The van der Waals surface area contributed by atoms with E-state index in [9.17, 15) is 0 Å². The zero-order valence-corrected chi connectivity index (χ0v) is 13.3. The van der Waals surface area contributed by atoms with Crippen LogP contribution < -0.4 is 0 Å². The molecule has 3 heteroatoms. The van der Waals surface area contributed by atoms with Gasteiger partial charge in [-0.2, -0.15) is 5.10 Å². The second-order valence-corrected chi connectivity index (χ2v) is 6.30. The van der Waals surface area contributed by atoms with Crippen molar-refractivity contribution in [2.75, 3.05) is 0 Å². The van der Waals surface area contributed by atoms with E-state index in [1.165, 1.54) is 22.4 Å². The molecule has 0 unspecified atom stereocenters. The van der Waals surface area contributed by atoms with Gasteiger partial charge in [-0.3, -0.25) is 0 Å². The Kier molecular flexibility index (Phi) is 2.98. The third kappa shape index (κ3) is 1.98. The van der Waals surface area contributed by atoms with Gasteiger partial charge in [0.05, 0.1) is 11.9 Å². The molecule has 0 bridgehead atoms. The summed E-state index contributed by atoms with van der Waals surface area (Å²) in [6.07, 6.45) is 7.29. The predicted octanol–water partition coefficient (Wildman–Crippen LogP) is 4.55. The van der Waals surface area contributed by atoms with Crippen molar-refractivity contribution in [3.63, 3.8) is 0 Å². The van der Waals surface area contributed by atoms with E-state index in [0.29, 0.717) is 0 Å². The topological polar surface area (TPSA) is 30.2 Å². The highest BCUT2D eigenvalue weighted by molar-refractivity contribution is 5.80. The van der Waals surface area contributed by atoms with E-state index in [4.69, 9.17) is 10.1 Å². The van der Waals surface area contributed by atoms with Gasteiger partial charge in [-0.05, 0) is 36.0 Å². The van der Waals surface area contributed by atoms with Gasteiger partial charge >= 0.3 is 0 Å². The fourth-order valence-corrected chi connectivity index (χ4v) is 3.70. The molecule has 1 aliphatic carbocycles. The van der Waals surface area contributed by atoms with Gasteiger partial charge in [0, 0.05) is 17.3 Å². The Morgan fingerprint density at radius 2 is 1.54 bits per heavy atom. The van der Waals surface area contributed by atoms with Crippen molar-refractivity contribution in [1.82, 2.24) is 14.6 Å². The largest absolute Gasteiger partial charge is 0.236 e. The van der Waals surface area contributed by atoms with Crippen LogP contribution in [0.15, 0.2) is 67.0 Å². The number of fused-ring (bicyclic) bond motifs is 5.